The van der Waals surface area contributed by atoms with Crippen LogP contribution in [0.4, 0.5) is 0 Å². The second-order valence-electron chi connectivity index (χ2n) is 5.34. The number of carbonyl (C=O) groups excluding carboxylic acids is 1. The maximum absolute atomic E-state index is 12.4. The van der Waals surface area contributed by atoms with Crippen molar-refractivity contribution in [1.82, 2.24) is 20.7 Å². The maximum atomic E-state index is 12.4. The first-order valence-corrected chi connectivity index (χ1v) is 7.45. The number of methoxy groups -OCH3 is 2. The van der Waals surface area contributed by atoms with Crippen LogP contribution in [0, 0.1) is 0 Å². The molecule has 0 saturated carbocycles. The Labute approximate surface area is 139 Å². The van der Waals surface area contributed by atoms with Gasteiger partial charge in [0.25, 0.3) is 5.91 Å². The fraction of sp³-hybridized carbons (Fsp3) is 0.235. The van der Waals surface area contributed by atoms with Crippen molar-refractivity contribution in [2.75, 3.05) is 14.2 Å². The van der Waals surface area contributed by atoms with Gasteiger partial charge in [0, 0.05) is 5.56 Å². The third-order valence-electron chi connectivity index (χ3n) is 3.83. The minimum atomic E-state index is -0.190. The molecule has 3 aromatic rings. The molecule has 24 heavy (non-hydrogen) atoms. The quantitative estimate of drug-likeness (QED) is 0.752. The third kappa shape index (κ3) is 3.01. The van der Waals surface area contributed by atoms with Crippen LogP contribution in [0.15, 0.2) is 36.4 Å². The number of aromatic amines is 1. The van der Waals surface area contributed by atoms with Gasteiger partial charge in [-0.05, 0) is 42.8 Å². The molecule has 0 aliphatic heterocycles. The van der Waals surface area contributed by atoms with E-state index in [-0.39, 0.29) is 11.9 Å². The summed E-state index contributed by atoms with van der Waals surface area (Å²) in [6.07, 6.45) is 0. The van der Waals surface area contributed by atoms with Crippen LogP contribution in [-0.4, -0.2) is 35.5 Å². The molecule has 3 rings (SSSR count). The number of fused-ring (bicyclic) bond motifs is 1. The molecule has 0 spiro atoms. The summed E-state index contributed by atoms with van der Waals surface area (Å²) in [5.41, 5.74) is 2.83. The third-order valence-corrected chi connectivity index (χ3v) is 3.83. The first-order chi connectivity index (χ1) is 11.6. The number of rotatable bonds is 5. The lowest BCUT2D eigenvalue weighted by molar-refractivity contribution is 0.0940. The number of nitrogens with one attached hydrogen (secondary N) is 2. The monoisotopic (exact) mass is 326 g/mol. The van der Waals surface area contributed by atoms with Gasteiger partial charge in [0.05, 0.1) is 20.3 Å². The van der Waals surface area contributed by atoms with E-state index in [9.17, 15) is 4.79 Å². The first-order valence-electron chi connectivity index (χ1n) is 7.45. The summed E-state index contributed by atoms with van der Waals surface area (Å²) in [6, 6.07) is 10.6. The predicted molar refractivity (Wildman–Crippen MR) is 89.3 cm³/mol. The number of benzene rings is 2. The number of ether oxygens (including phenoxy) is 2. The van der Waals surface area contributed by atoms with Gasteiger partial charge in [-0.25, -0.2) is 0 Å². The van der Waals surface area contributed by atoms with E-state index in [0.717, 1.165) is 11.1 Å². The molecule has 0 bridgehead atoms. The highest BCUT2D eigenvalue weighted by Crippen LogP contribution is 2.30. The van der Waals surface area contributed by atoms with Crippen molar-refractivity contribution >= 4 is 16.9 Å². The number of carbonyl (C=O) groups is 1. The Bertz CT molecular complexity index is 875. The van der Waals surface area contributed by atoms with Crippen LogP contribution in [0.5, 0.6) is 11.5 Å². The first kappa shape index (κ1) is 15.8. The number of aromatic nitrogens is 3. The van der Waals surface area contributed by atoms with E-state index < -0.39 is 0 Å². The molecule has 1 atom stereocenters. The second-order valence-corrected chi connectivity index (χ2v) is 5.34. The van der Waals surface area contributed by atoms with E-state index in [0.29, 0.717) is 22.6 Å². The fourth-order valence-corrected chi connectivity index (χ4v) is 2.47. The molecule has 1 heterocycles. The van der Waals surface area contributed by atoms with Crippen LogP contribution in [-0.2, 0) is 0 Å². The Balaban J connectivity index is 1.78. The average molecular weight is 326 g/mol. The van der Waals surface area contributed by atoms with Crippen molar-refractivity contribution in [1.29, 1.82) is 0 Å². The highest BCUT2D eigenvalue weighted by molar-refractivity contribution is 5.97. The molecule has 1 amide bonds. The highest BCUT2D eigenvalue weighted by atomic mass is 16.5. The van der Waals surface area contributed by atoms with Gasteiger partial charge in [0.15, 0.2) is 11.5 Å². The summed E-state index contributed by atoms with van der Waals surface area (Å²) in [6.45, 7) is 1.91. The summed E-state index contributed by atoms with van der Waals surface area (Å²) in [4.78, 5) is 12.4. The number of amides is 1. The zero-order chi connectivity index (χ0) is 17.1. The number of hydrogen-bond acceptors (Lipinski definition) is 5. The lowest BCUT2D eigenvalue weighted by Gasteiger charge is -2.16. The van der Waals surface area contributed by atoms with E-state index in [1.54, 1.807) is 32.4 Å². The van der Waals surface area contributed by atoms with Crippen molar-refractivity contribution in [3.8, 4) is 11.5 Å². The van der Waals surface area contributed by atoms with E-state index in [4.69, 9.17) is 9.47 Å². The zero-order valence-corrected chi connectivity index (χ0v) is 13.7. The van der Waals surface area contributed by atoms with Crippen molar-refractivity contribution in [2.24, 2.45) is 0 Å². The largest absolute Gasteiger partial charge is 0.493 e. The van der Waals surface area contributed by atoms with Crippen molar-refractivity contribution in [3.05, 3.63) is 47.5 Å². The number of nitrogens with zero attached hydrogens (tertiary/aromatic N) is 2. The standard InChI is InChI=1S/C17H18N4O3/c1-10(11-5-7-15(23-2)16(9-11)24-3)18-17(22)12-4-6-13-14(8-12)20-21-19-13/h4-10H,1-3H3,(H,18,22)(H,19,20,21). The van der Waals surface area contributed by atoms with Crippen molar-refractivity contribution in [3.63, 3.8) is 0 Å². The minimum Gasteiger partial charge on any atom is -0.493 e. The molecule has 124 valence electrons. The van der Waals surface area contributed by atoms with Gasteiger partial charge in [-0.1, -0.05) is 6.07 Å². The fourth-order valence-electron chi connectivity index (χ4n) is 2.47. The van der Waals surface area contributed by atoms with Crippen LogP contribution < -0.4 is 14.8 Å². The van der Waals surface area contributed by atoms with E-state index in [1.165, 1.54) is 0 Å². The van der Waals surface area contributed by atoms with Crippen LogP contribution in [0.2, 0.25) is 0 Å². The van der Waals surface area contributed by atoms with Gasteiger partial charge in [0.2, 0.25) is 0 Å². The summed E-state index contributed by atoms with van der Waals surface area (Å²) < 4.78 is 10.5. The Morgan fingerprint density at radius 1 is 1.04 bits per heavy atom. The van der Waals surface area contributed by atoms with Crippen LogP contribution >= 0.6 is 0 Å². The molecule has 0 radical (unpaired) electrons. The van der Waals surface area contributed by atoms with Gasteiger partial charge in [-0.3, -0.25) is 4.79 Å². The summed E-state index contributed by atoms with van der Waals surface area (Å²) in [5, 5.41) is 13.5. The number of H-pyrrole nitrogens is 1. The van der Waals surface area contributed by atoms with Gasteiger partial charge in [-0.15, -0.1) is 0 Å². The smallest absolute Gasteiger partial charge is 0.251 e. The molecule has 2 N–H and O–H groups in total. The SMILES string of the molecule is COc1ccc(C(C)NC(=O)c2ccc3n[nH]nc3c2)cc1OC. The maximum Gasteiger partial charge on any atom is 0.251 e. The molecular formula is C17H18N4O3. The molecule has 0 aliphatic carbocycles. The van der Waals surface area contributed by atoms with E-state index in [2.05, 4.69) is 20.7 Å². The molecule has 0 saturated heterocycles. The van der Waals surface area contributed by atoms with Crippen molar-refractivity contribution < 1.29 is 14.3 Å². The lowest BCUT2D eigenvalue weighted by Crippen LogP contribution is -2.26. The van der Waals surface area contributed by atoms with Crippen LogP contribution in [0.3, 0.4) is 0 Å². The summed E-state index contributed by atoms with van der Waals surface area (Å²) >= 11 is 0. The zero-order valence-electron chi connectivity index (χ0n) is 13.7. The molecule has 7 nitrogen and oxygen atoms in total. The topological polar surface area (TPSA) is 89.1 Å². The Morgan fingerprint density at radius 3 is 2.54 bits per heavy atom. The number of hydrogen-bond donors (Lipinski definition) is 2. The minimum absolute atomic E-state index is 0.179. The Hall–Kier alpha value is -3.09. The van der Waals surface area contributed by atoms with Gasteiger partial charge in [0.1, 0.15) is 11.0 Å². The average Bonchev–Trinajstić information content (AvgIpc) is 3.08. The molecular weight excluding hydrogens is 308 g/mol. The highest BCUT2D eigenvalue weighted by Gasteiger charge is 2.14. The Morgan fingerprint density at radius 2 is 1.79 bits per heavy atom. The normalized spacial score (nSPS) is 12.0. The van der Waals surface area contributed by atoms with Gasteiger partial charge >= 0.3 is 0 Å². The second kappa shape index (κ2) is 6.57. The molecule has 1 unspecified atom stereocenters. The molecule has 0 aliphatic rings. The molecule has 2 aromatic carbocycles. The summed E-state index contributed by atoms with van der Waals surface area (Å²) in [5.74, 6) is 1.10. The van der Waals surface area contributed by atoms with E-state index >= 15 is 0 Å². The van der Waals surface area contributed by atoms with E-state index in [1.807, 2.05) is 25.1 Å². The van der Waals surface area contributed by atoms with Gasteiger partial charge < -0.3 is 14.8 Å². The molecule has 7 heteroatoms. The Kier molecular flexibility index (Phi) is 4.33. The van der Waals surface area contributed by atoms with Gasteiger partial charge in [-0.2, -0.15) is 15.4 Å². The summed E-state index contributed by atoms with van der Waals surface area (Å²) in [7, 11) is 3.17. The van der Waals surface area contributed by atoms with Crippen LogP contribution in [0.1, 0.15) is 28.9 Å². The lowest BCUT2D eigenvalue weighted by atomic mass is 10.1. The van der Waals surface area contributed by atoms with Crippen LogP contribution in [0.25, 0.3) is 11.0 Å². The molecule has 0 fully saturated rings. The predicted octanol–water partition coefficient (Wildman–Crippen LogP) is 2.47. The van der Waals surface area contributed by atoms with Crippen molar-refractivity contribution in [2.45, 2.75) is 13.0 Å². The molecule has 1 aromatic heterocycles.